The lowest BCUT2D eigenvalue weighted by Crippen LogP contribution is -2.76. The van der Waals surface area contributed by atoms with Crippen molar-refractivity contribution in [2.45, 2.75) is 25.2 Å². The molecular formula is C22H27N5O6. The van der Waals surface area contributed by atoms with Crippen LogP contribution in [-0.4, -0.2) is 101 Å². The van der Waals surface area contributed by atoms with E-state index in [1.54, 1.807) is 0 Å². The Balaban J connectivity index is 1.91. The molecular weight excluding hydrogens is 430 g/mol. The molecule has 0 bridgehead atoms. The monoisotopic (exact) mass is 457 g/mol. The molecule has 33 heavy (non-hydrogen) atoms. The minimum atomic E-state index is -1.23. The van der Waals surface area contributed by atoms with Crippen LogP contribution in [0.2, 0.25) is 0 Å². The second-order valence-electron chi connectivity index (χ2n) is 7.69. The molecule has 2 aliphatic rings. The molecule has 4 amide bonds. The number of urea groups is 1. The van der Waals surface area contributed by atoms with Crippen molar-refractivity contribution < 1.29 is 29.0 Å². The van der Waals surface area contributed by atoms with Gasteiger partial charge in [0.25, 0.3) is 0 Å². The number of hydrazine groups is 1. The summed E-state index contributed by atoms with van der Waals surface area (Å²) >= 11 is 0. The maximum atomic E-state index is 13.3. The first kappa shape index (κ1) is 24.0. The Kier molecular flexibility index (Phi) is 7.87. The fourth-order valence-electron chi connectivity index (χ4n) is 4.06. The minimum Gasteiger partial charge on any atom is -0.481 e. The first-order valence-corrected chi connectivity index (χ1v) is 10.5. The topological polar surface area (TPSA) is 123 Å². The lowest BCUT2D eigenvalue weighted by molar-refractivity contribution is -0.190. The molecule has 0 aromatic heterocycles. The standard InChI is InChI=1S/C22H27N5O6/c1-3-9-25-15-19(28)26-17(12-20(29)30)21(31)24(10-11-33-2)14-18(26)27(25)22(32)23-13-16-7-5-4-6-8-16/h1,4-8,17-18H,9-15H2,2H3,(H,23,32)(H,29,30)/t17-,18-/m0/s1. The van der Waals surface area contributed by atoms with E-state index in [1.807, 2.05) is 30.3 Å². The predicted octanol–water partition coefficient (Wildman–Crippen LogP) is -0.451. The summed E-state index contributed by atoms with van der Waals surface area (Å²) in [4.78, 5) is 53.4. The van der Waals surface area contributed by atoms with E-state index in [2.05, 4.69) is 11.2 Å². The van der Waals surface area contributed by atoms with Gasteiger partial charge in [-0.05, 0) is 5.56 Å². The van der Waals surface area contributed by atoms with Gasteiger partial charge in [0.2, 0.25) is 11.8 Å². The van der Waals surface area contributed by atoms with Gasteiger partial charge in [-0.3, -0.25) is 14.4 Å². The largest absolute Gasteiger partial charge is 0.481 e. The maximum Gasteiger partial charge on any atom is 0.334 e. The summed E-state index contributed by atoms with van der Waals surface area (Å²) in [5.74, 6) is 0.270. The average molecular weight is 457 g/mol. The van der Waals surface area contributed by atoms with Crippen molar-refractivity contribution in [3.05, 3.63) is 35.9 Å². The molecule has 1 aromatic rings. The van der Waals surface area contributed by atoms with Crippen molar-refractivity contribution >= 4 is 23.8 Å². The summed E-state index contributed by atoms with van der Waals surface area (Å²) in [7, 11) is 1.48. The number of rotatable bonds is 8. The Labute approximate surface area is 191 Å². The van der Waals surface area contributed by atoms with Crippen LogP contribution in [0.3, 0.4) is 0 Å². The van der Waals surface area contributed by atoms with Crippen molar-refractivity contribution in [3.63, 3.8) is 0 Å². The van der Waals surface area contributed by atoms with E-state index in [4.69, 9.17) is 11.2 Å². The second kappa shape index (κ2) is 10.8. The minimum absolute atomic E-state index is 0.00385. The van der Waals surface area contributed by atoms with Crippen molar-refractivity contribution in [1.29, 1.82) is 0 Å². The third kappa shape index (κ3) is 5.42. The van der Waals surface area contributed by atoms with Crippen LogP contribution in [-0.2, 0) is 25.7 Å². The van der Waals surface area contributed by atoms with Crippen LogP contribution in [0.25, 0.3) is 0 Å². The van der Waals surface area contributed by atoms with E-state index in [1.165, 1.54) is 26.9 Å². The van der Waals surface area contributed by atoms with Crippen LogP contribution in [0, 0.1) is 12.3 Å². The summed E-state index contributed by atoms with van der Waals surface area (Å²) in [6.07, 6.45) is 4.00. The highest BCUT2D eigenvalue weighted by Crippen LogP contribution is 2.27. The number of nitrogens with one attached hydrogen (secondary N) is 1. The number of carboxylic acid groups (broad SMARTS) is 1. The van der Waals surface area contributed by atoms with Crippen molar-refractivity contribution in [2.24, 2.45) is 0 Å². The highest BCUT2D eigenvalue weighted by atomic mass is 16.5. The van der Waals surface area contributed by atoms with Gasteiger partial charge in [-0.1, -0.05) is 36.3 Å². The number of benzene rings is 1. The average Bonchev–Trinajstić information content (AvgIpc) is 2.79. The summed E-state index contributed by atoms with van der Waals surface area (Å²) < 4.78 is 5.07. The smallest absolute Gasteiger partial charge is 0.334 e. The number of nitrogens with zero attached hydrogens (tertiary/aromatic N) is 4. The first-order valence-electron chi connectivity index (χ1n) is 10.5. The van der Waals surface area contributed by atoms with Crippen LogP contribution >= 0.6 is 0 Å². The number of hydrogen-bond acceptors (Lipinski definition) is 6. The van der Waals surface area contributed by atoms with Crippen LogP contribution in [0.5, 0.6) is 0 Å². The molecule has 2 atom stereocenters. The molecule has 2 saturated heterocycles. The lowest BCUT2D eigenvalue weighted by Gasteiger charge is -2.54. The van der Waals surface area contributed by atoms with Gasteiger partial charge in [0.15, 0.2) is 0 Å². The molecule has 3 rings (SSSR count). The first-order chi connectivity index (χ1) is 15.9. The molecule has 0 radical (unpaired) electrons. The zero-order valence-corrected chi connectivity index (χ0v) is 18.3. The predicted molar refractivity (Wildman–Crippen MR) is 116 cm³/mol. The molecule has 2 N–H and O–H groups in total. The number of hydrogen-bond donors (Lipinski definition) is 2. The normalized spacial score (nSPS) is 20.9. The van der Waals surface area contributed by atoms with E-state index in [-0.39, 0.29) is 39.3 Å². The zero-order valence-electron chi connectivity index (χ0n) is 18.3. The molecule has 176 valence electrons. The van der Waals surface area contributed by atoms with E-state index in [0.29, 0.717) is 0 Å². The SMILES string of the molecule is C#CCN1CC(=O)N2[C@@H](CC(=O)O)C(=O)N(CCOC)C[C@@H]2N1C(=O)NCc1ccccc1. The Morgan fingerprint density at radius 3 is 2.64 bits per heavy atom. The fourth-order valence-corrected chi connectivity index (χ4v) is 4.06. The number of carbonyl (C=O) groups is 4. The third-order valence-electron chi connectivity index (χ3n) is 5.53. The number of carbonyl (C=O) groups excluding carboxylic acids is 3. The molecule has 0 unspecified atom stereocenters. The third-order valence-corrected chi connectivity index (χ3v) is 5.53. The Hall–Kier alpha value is -3.62. The van der Waals surface area contributed by atoms with Gasteiger partial charge in [-0.15, -0.1) is 6.42 Å². The van der Waals surface area contributed by atoms with Crippen LogP contribution in [0.1, 0.15) is 12.0 Å². The number of fused-ring (bicyclic) bond motifs is 1. The summed E-state index contributed by atoms with van der Waals surface area (Å²) in [6.45, 7) is 0.403. The highest BCUT2D eigenvalue weighted by molar-refractivity contribution is 5.93. The Morgan fingerprint density at radius 2 is 2.00 bits per heavy atom. The van der Waals surface area contributed by atoms with Crippen molar-refractivity contribution in [2.75, 3.05) is 39.9 Å². The molecule has 1 aromatic carbocycles. The number of aliphatic carboxylic acids is 1. The van der Waals surface area contributed by atoms with Gasteiger partial charge < -0.3 is 25.0 Å². The number of piperazine rings is 1. The molecule has 0 aliphatic carbocycles. The highest BCUT2D eigenvalue weighted by Gasteiger charge is 2.51. The number of methoxy groups -OCH3 is 1. The fraction of sp³-hybridized carbons (Fsp3) is 0.455. The Bertz CT molecular complexity index is 933. The van der Waals surface area contributed by atoms with Crippen molar-refractivity contribution in [3.8, 4) is 12.3 Å². The summed E-state index contributed by atoms with van der Waals surface area (Å²) in [6, 6.07) is 7.55. The molecule has 11 nitrogen and oxygen atoms in total. The molecule has 2 aliphatic heterocycles. The van der Waals surface area contributed by atoms with Crippen molar-refractivity contribution in [1.82, 2.24) is 25.1 Å². The summed E-state index contributed by atoms with van der Waals surface area (Å²) in [5, 5.41) is 15.0. The summed E-state index contributed by atoms with van der Waals surface area (Å²) in [5.41, 5.74) is 0.878. The quantitative estimate of drug-likeness (QED) is 0.507. The van der Waals surface area contributed by atoms with E-state index < -0.39 is 42.4 Å². The number of carboxylic acids is 1. The maximum absolute atomic E-state index is 13.3. The zero-order chi connectivity index (χ0) is 24.0. The van der Waals surface area contributed by atoms with Gasteiger partial charge in [-0.2, -0.15) is 5.01 Å². The second-order valence-corrected chi connectivity index (χ2v) is 7.69. The molecule has 0 saturated carbocycles. The van der Waals surface area contributed by atoms with Gasteiger partial charge in [0.1, 0.15) is 12.2 Å². The van der Waals surface area contributed by atoms with Gasteiger partial charge in [-0.25, -0.2) is 9.80 Å². The molecule has 11 heteroatoms. The van der Waals surface area contributed by atoms with E-state index in [0.717, 1.165) is 5.56 Å². The van der Waals surface area contributed by atoms with Crippen LogP contribution < -0.4 is 5.32 Å². The number of terminal acetylenes is 1. The van der Waals surface area contributed by atoms with Gasteiger partial charge in [0, 0.05) is 20.2 Å². The van der Waals surface area contributed by atoms with Gasteiger partial charge >= 0.3 is 12.0 Å². The van der Waals surface area contributed by atoms with Gasteiger partial charge in [0.05, 0.1) is 32.7 Å². The van der Waals surface area contributed by atoms with E-state index >= 15 is 0 Å². The molecule has 0 spiro atoms. The lowest BCUT2D eigenvalue weighted by atomic mass is 10.0. The van der Waals surface area contributed by atoms with Crippen LogP contribution in [0.4, 0.5) is 4.79 Å². The number of ether oxygens (including phenoxy) is 1. The molecule has 2 heterocycles. The van der Waals surface area contributed by atoms with Crippen LogP contribution in [0.15, 0.2) is 30.3 Å². The molecule has 2 fully saturated rings. The number of amides is 4. The Morgan fingerprint density at radius 1 is 1.27 bits per heavy atom. The van der Waals surface area contributed by atoms with E-state index in [9.17, 15) is 24.3 Å².